The van der Waals surface area contributed by atoms with E-state index in [1.165, 1.54) is 44.2 Å². The molecule has 274 valence electrons. The van der Waals surface area contributed by atoms with Gasteiger partial charge in [0.15, 0.2) is 5.58 Å². The number of para-hydroxylation sites is 2. The van der Waals surface area contributed by atoms with E-state index in [0.29, 0.717) is 0 Å². The third kappa shape index (κ3) is 4.80. The Labute approximate surface area is 336 Å². The van der Waals surface area contributed by atoms with Gasteiger partial charge in [0, 0.05) is 43.9 Å². The highest BCUT2D eigenvalue weighted by molar-refractivity contribution is 6.24. The summed E-state index contributed by atoms with van der Waals surface area (Å²) in [6.07, 6.45) is 0. The lowest BCUT2D eigenvalue weighted by molar-refractivity contribution is 0.660. The second-order valence-electron chi connectivity index (χ2n) is 16.1. The minimum Gasteiger partial charge on any atom is -0.456 e. The Hall–Kier alpha value is -7.36. The first-order chi connectivity index (χ1) is 28.5. The Morgan fingerprint density at radius 2 is 1.09 bits per heavy atom. The molecule has 58 heavy (non-hydrogen) atoms. The molecular weight excluding hydrogens is 707 g/mol. The van der Waals surface area contributed by atoms with Crippen molar-refractivity contribution in [2.45, 2.75) is 19.3 Å². The standard InChI is InChI=1S/C55H37NO2/c1-55(2)46-20-10-8-17-41(46)42-30-29-40(32-47(42)55)56(39-28-27-35-15-6-7-16-38(35)31-39)48-21-12-19-43-45-33-50-52(44-18-9-11-22-49(44)57-50)51(54(45)58-53(43)48)37-25-23-36(24-26-37)34-13-4-3-5-14-34/h3-33H,1-2H3. The van der Waals surface area contributed by atoms with Gasteiger partial charge in [0.25, 0.3) is 0 Å². The molecule has 0 saturated heterocycles. The van der Waals surface area contributed by atoms with Crippen LogP contribution in [0.25, 0.3) is 88.0 Å². The number of rotatable bonds is 5. The van der Waals surface area contributed by atoms with E-state index < -0.39 is 0 Å². The third-order valence-corrected chi connectivity index (χ3v) is 12.4. The van der Waals surface area contributed by atoms with Crippen molar-refractivity contribution in [3.8, 4) is 33.4 Å². The summed E-state index contributed by atoms with van der Waals surface area (Å²) in [7, 11) is 0. The van der Waals surface area contributed by atoms with Gasteiger partial charge in [-0.25, -0.2) is 0 Å². The van der Waals surface area contributed by atoms with Gasteiger partial charge < -0.3 is 13.7 Å². The fourth-order valence-electron chi connectivity index (χ4n) is 9.61. The topological polar surface area (TPSA) is 29.5 Å². The van der Waals surface area contributed by atoms with Crippen molar-refractivity contribution in [2.24, 2.45) is 0 Å². The predicted molar refractivity (Wildman–Crippen MR) is 242 cm³/mol. The van der Waals surface area contributed by atoms with Gasteiger partial charge in [-0.05, 0) is 92.2 Å². The lowest BCUT2D eigenvalue weighted by Crippen LogP contribution is -2.16. The molecule has 0 saturated carbocycles. The van der Waals surface area contributed by atoms with Crippen LogP contribution in [0.4, 0.5) is 17.1 Å². The Bertz CT molecular complexity index is 3420. The average Bonchev–Trinajstić information content (AvgIpc) is 3.91. The lowest BCUT2D eigenvalue weighted by Gasteiger charge is -2.28. The zero-order valence-electron chi connectivity index (χ0n) is 32.2. The molecule has 2 heterocycles. The van der Waals surface area contributed by atoms with Crippen molar-refractivity contribution < 1.29 is 8.83 Å². The Morgan fingerprint density at radius 1 is 0.414 bits per heavy atom. The van der Waals surface area contributed by atoms with E-state index in [2.05, 4.69) is 195 Å². The molecule has 0 fully saturated rings. The van der Waals surface area contributed by atoms with E-state index in [1.54, 1.807) is 0 Å². The van der Waals surface area contributed by atoms with Gasteiger partial charge in [-0.15, -0.1) is 0 Å². The van der Waals surface area contributed by atoms with Gasteiger partial charge in [0.2, 0.25) is 0 Å². The van der Waals surface area contributed by atoms with E-state index in [4.69, 9.17) is 8.83 Å². The van der Waals surface area contributed by atoms with Crippen LogP contribution < -0.4 is 4.90 Å². The highest BCUT2D eigenvalue weighted by Gasteiger charge is 2.36. The highest BCUT2D eigenvalue weighted by atomic mass is 16.3. The molecule has 0 radical (unpaired) electrons. The molecular formula is C55H37NO2. The molecule has 0 N–H and O–H groups in total. The number of hydrogen-bond acceptors (Lipinski definition) is 3. The summed E-state index contributed by atoms with van der Waals surface area (Å²) >= 11 is 0. The van der Waals surface area contributed by atoms with Gasteiger partial charge in [-0.2, -0.15) is 0 Å². The van der Waals surface area contributed by atoms with Crippen molar-refractivity contribution in [1.82, 2.24) is 0 Å². The number of fused-ring (bicyclic) bond motifs is 10. The zero-order chi connectivity index (χ0) is 38.5. The van der Waals surface area contributed by atoms with Crippen molar-refractivity contribution in [3.05, 3.63) is 199 Å². The van der Waals surface area contributed by atoms with Gasteiger partial charge in [-0.1, -0.05) is 159 Å². The van der Waals surface area contributed by atoms with E-state index in [0.717, 1.165) is 72.1 Å². The fourth-order valence-corrected chi connectivity index (χ4v) is 9.61. The summed E-state index contributed by atoms with van der Waals surface area (Å²) in [5.41, 5.74) is 16.1. The second kappa shape index (κ2) is 12.3. The summed E-state index contributed by atoms with van der Waals surface area (Å²) in [6, 6.07) is 67.5. The lowest BCUT2D eigenvalue weighted by atomic mass is 9.82. The Kier molecular flexibility index (Phi) is 6.98. The first kappa shape index (κ1) is 32.8. The van der Waals surface area contributed by atoms with Gasteiger partial charge >= 0.3 is 0 Å². The van der Waals surface area contributed by atoms with Gasteiger partial charge in [0.1, 0.15) is 16.7 Å². The maximum Gasteiger partial charge on any atom is 0.159 e. The fraction of sp³-hybridized carbons (Fsp3) is 0.0545. The summed E-state index contributed by atoms with van der Waals surface area (Å²) in [5, 5.41) is 6.58. The molecule has 0 amide bonds. The highest BCUT2D eigenvalue weighted by Crippen LogP contribution is 2.52. The summed E-state index contributed by atoms with van der Waals surface area (Å²) in [4.78, 5) is 2.38. The monoisotopic (exact) mass is 743 g/mol. The van der Waals surface area contributed by atoms with Crippen LogP contribution >= 0.6 is 0 Å². The molecule has 3 nitrogen and oxygen atoms in total. The van der Waals surface area contributed by atoms with Crippen molar-refractivity contribution in [1.29, 1.82) is 0 Å². The molecule has 0 atom stereocenters. The molecule has 0 aliphatic heterocycles. The van der Waals surface area contributed by atoms with Crippen LogP contribution in [-0.2, 0) is 5.41 Å². The van der Waals surface area contributed by atoms with Crippen LogP contribution in [0.15, 0.2) is 197 Å². The van der Waals surface area contributed by atoms with E-state index in [9.17, 15) is 0 Å². The largest absolute Gasteiger partial charge is 0.456 e. The van der Waals surface area contributed by atoms with Crippen LogP contribution in [0, 0.1) is 0 Å². The number of nitrogens with zero attached hydrogens (tertiary/aromatic N) is 1. The van der Waals surface area contributed by atoms with Gasteiger partial charge in [0.05, 0.1) is 5.69 Å². The van der Waals surface area contributed by atoms with Crippen LogP contribution in [0.2, 0.25) is 0 Å². The van der Waals surface area contributed by atoms with E-state index in [1.807, 2.05) is 12.1 Å². The number of hydrogen-bond donors (Lipinski definition) is 0. The van der Waals surface area contributed by atoms with E-state index >= 15 is 0 Å². The zero-order valence-corrected chi connectivity index (χ0v) is 32.2. The van der Waals surface area contributed by atoms with Crippen LogP contribution in [0.3, 0.4) is 0 Å². The molecule has 1 aliphatic rings. The first-order valence-electron chi connectivity index (χ1n) is 20.0. The molecule has 11 aromatic rings. The quantitative estimate of drug-likeness (QED) is 0.176. The molecule has 0 bridgehead atoms. The number of furan rings is 2. The normalized spacial score (nSPS) is 13.1. The van der Waals surface area contributed by atoms with Crippen molar-refractivity contribution in [2.75, 3.05) is 4.90 Å². The average molecular weight is 744 g/mol. The molecule has 3 heteroatoms. The second-order valence-corrected chi connectivity index (χ2v) is 16.1. The molecule has 9 aromatic carbocycles. The predicted octanol–water partition coefficient (Wildman–Crippen LogP) is 15.7. The number of benzene rings is 9. The maximum atomic E-state index is 7.32. The third-order valence-electron chi connectivity index (χ3n) is 12.4. The van der Waals surface area contributed by atoms with Crippen LogP contribution in [0.5, 0.6) is 0 Å². The Morgan fingerprint density at radius 3 is 1.97 bits per heavy atom. The summed E-state index contributed by atoms with van der Waals surface area (Å²) in [6.45, 7) is 4.68. The molecule has 12 rings (SSSR count). The summed E-state index contributed by atoms with van der Waals surface area (Å²) in [5.74, 6) is 0. The van der Waals surface area contributed by atoms with Crippen molar-refractivity contribution in [3.63, 3.8) is 0 Å². The van der Waals surface area contributed by atoms with E-state index in [-0.39, 0.29) is 5.41 Å². The minimum atomic E-state index is -0.149. The van der Waals surface area contributed by atoms with Crippen LogP contribution in [-0.4, -0.2) is 0 Å². The van der Waals surface area contributed by atoms with Gasteiger partial charge in [-0.3, -0.25) is 0 Å². The molecule has 0 unspecified atom stereocenters. The molecule has 0 spiro atoms. The minimum absolute atomic E-state index is 0.149. The molecule has 1 aliphatic carbocycles. The number of anilines is 3. The summed E-state index contributed by atoms with van der Waals surface area (Å²) < 4.78 is 14.0. The SMILES string of the molecule is CC1(C)c2ccccc2-c2ccc(N(c3ccc4ccccc4c3)c3cccc4c3oc3c(-c5ccc(-c6ccccc6)cc5)c5c(cc34)oc3ccccc35)cc21. The maximum absolute atomic E-state index is 7.32. The van der Waals surface area contributed by atoms with Crippen molar-refractivity contribution >= 4 is 71.7 Å². The Balaban J connectivity index is 1.12. The smallest absolute Gasteiger partial charge is 0.159 e. The molecule has 2 aromatic heterocycles. The first-order valence-corrected chi connectivity index (χ1v) is 20.0. The van der Waals surface area contributed by atoms with Crippen LogP contribution in [0.1, 0.15) is 25.0 Å².